The quantitative estimate of drug-likeness (QED) is 0.160. The van der Waals surface area contributed by atoms with E-state index in [2.05, 4.69) is 320 Å². The van der Waals surface area contributed by atoms with E-state index in [1.807, 2.05) is 6.07 Å². The summed E-state index contributed by atoms with van der Waals surface area (Å²) in [5, 5.41) is 8.32. The topological polar surface area (TPSA) is 40.6 Å². The maximum absolute atomic E-state index is 5.38. The molecule has 4 aromatic heterocycles. The Bertz CT molecular complexity index is 5680. The molecule has 5 heteroatoms. The molecule has 0 radical (unpaired) electrons. The van der Waals surface area contributed by atoms with E-state index in [-0.39, 0.29) is 10.8 Å². The fourth-order valence-electron chi connectivity index (χ4n) is 16.0. The normalized spacial score (nSPS) is 13.7. The molecule has 0 aliphatic heterocycles. The van der Waals surface area contributed by atoms with Crippen LogP contribution in [0.25, 0.3) is 161 Å². The van der Waals surface area contributed by atoms with Gasteiger partial charge in [-0.25, -0.2) is 9.97 Å². The van der Waals surface area contributed by atoms with Crippen LogP contribution in [-0.4, -0.2) is 23.7 Å². The number of hydrogen-bond donors (Lipinski definition) is 0. The van der Waals surface area contributed by atoms with Crippen molar-refractivity contribution in [3.63, 3.8) is 0 Å². The number of hydrogen-bond acceptors (Lipinski definition) is 2. The van der Waals surface area contributed by atoms with Crippen molar-refractivity contribution in [1.29, 1.82) is 0 Å². The molecule has 0 fully saturated rings. The van der Waals surface area contributed by atoms with Gasteiger partial charge in [0, 0.05) is 76.7 Å². The van der Waals surface area contributed by atoms with Crippen LogP contribution in [0, 0.1) is 0 Å². The van der Waals surface area contributed by atoms with E-state index in [0.29, 0.717) is 5.82 Å². The van der Waals surface area contributed by atoms with E-state index in [1.54, 1.807) is 0 Å². The van der Waals surface area contributed by atoms with E-state index in [1.165, 1.54) is 110 Å². The summed E-state index contributed by atoms with van der Waals surface area (Å²) in [6.45, 7) is 9.47. The summed E-state index contributed by atoms with van der Waals surface area (Å²) < 4.78 is 7.46. The van der Waals surface area contributed by atoms with Gasteiger partial charge < -0.3 is 13.7 Å². The van der Waals surface area contributed by atoms with Gasteiger partial charge in [0.15, 0.2) is 5.82 Å². The molecule has 0 bridgehead atoms. The van der Waals surface area contributed by atoms with Crippen LogP contribution >= 0.6 is 0 Å². The van der Waals surface area contributed by atoms with E-state index >= 15 is 0 Å². The Labute approximate surface area is 527 Å². The molecule has 0 saturated carbocycles. The number of aromatic nitrogens is 5. The zero-order valence-corrected chi connectivity index (χ0v) is 50.9. The van der Waals surface area contributed by atoms with E-state index in [0.717, 1.165) is 66.7 Å². The van der Waals surface area contributed by atoms with Crippen molar-refractivity contribution < 1.29 is 0 Å². The van der Waals surface area contributed by atoms with Crippen LogP contribution in [-0.2, 0) is 10.8 Å². The summed E-state index contributed by atoms with van der Waals surface area (Å²) in [6.07, 6.45) is 0. The summed E-state index contributed by atoms with van der Waals surface area (Å²) >= 11 is 0. The van der Waals surface area contributed by atoms with Crippen LogP contribution in [0.5, 0.6) is 0 Å². The Kier molecular flexibility index (Phi) is 10.8. The van der Waals surface area contributed by atoms with Gasteiger partial charge in [-0.2, -0.15) is 0 Å². The number of fused-ring (bicyclic) bond motifs is 16. The predicted octanol–water partition coefficient (Wildman–Crippen LogP) is 22.2. The van der Waals surface area contributed by atoms with Crippen molar-refractivity contribution in [3.8, 4) is 84.2 Å². The van der Waals surface area contributed by atoms with Crippen molar-refractivity contribution in [2.75, 3.05) is 0 Å². The Balaban J connectivity index is 0.804. The van der Waals surface area contributed by atoms with E-state index in [9.17, 15) is 0 Å². The molecule has 4 heterocycles. The number of para-hydroxylation sites is 3. The van der Waals surface area contributed by atoms with Gasteiger partial charge in [0.2, 0.25) is 0 Å². The molecule has 2 aliphatic carbocycles. The number of benzene rings is 13. The van der Waals surface area contributed by atoms with Crippen molar-refractivity contribution in [3.05, 3.63) is 307 Å². The van der Waals surface area contributed by atoms with Crippen LogP contribution in [0.3, 0.4) is 0 Å². The van der Waals surface area contributed by atoms with Gasteiger partial charge in [0.25, 0.3) is 0 Å². The highest BCUT2D eigenvalue weighted by Gasteiger charge is 2.37. The first-order valence-corrected chi connectivity index (χ1v) is 31.7. The van der Waals surface area contributed by atoms with E-state index < -0.39 is 0 Å². The molecule has 13 aromatic carbocycles. The average molecular weight is 1160 g/mol. The van der Waals surface area contributed by atoms with Crippen LogP contribution in [0.2, 0.25) is 0 Å². The summed E-state index contributed by atoms with van der Waals surface area (Å²) in [6, 6.07) is 106. The maximum atomic E-state index is 5.38. The molecule has 2 aliphatic rings. The third-order valence-electron chi connectivity index (χ3n) is 20.4. The van der Waals surface area contributed by atoms with Gasteiger partial charge in [-0.3, -0.25) is 0 Å². The van der Waals surface area contributed by atoms with Gasteiger partial charge in [-0.05, 0) is 146 Å². The maximum Gasteiger partial charge on any atom is 0.160 e. The van der Waals surface area contributed by atoms with Crippen LogP contribution in [0.4, 0.5) is 0 Å². The first-order valence-electron chi connectivity index (χ1n) is 31.7. The Morgan fingerprint density at radius 1 is 0.242 bits per heavy atom. The molecule has 0 unspecified atom stereocenters. The minimum atomic E-state index is -0.127. The summed E-state index contributed by atoms with van der Waals surface area (Å²) in [5.41, 5.74) is 29.3. The lowest BCUT2D eigenvalue weighted by Gasteiger charge is -2.22. The van der Waals surface area contributed by atoms with Crippen molar-refractivity contribution >= 4 is 76.3 Å². The molecule has 0 saturated heterocycles. The second-order valence-corrected chi connectivity index (χ2v) is 26.1. The molecule has 19 rings (SSSR count). The molecule has 0 amide bonds. The minimum absolute atomic E-state index is 0.127. The van der Waals surface area contributed by atoms with Gasteiger partial charge in [-0.1, -0.05) is 234 Å². The highest BCUT2D eigenvalue weighted by Crippen LogP contribution is 2.52. The summed E-state index contributed by atoms with van der Waals surface area (Å²) in [7, 11) is 0. The van der Waals surface area contributed by atoms with Crippen LogP contribution in [0.15, 0.2) is 285 Å². The Morgan fingerprint density at radius 2 is 0.626 bits per heavy atom. The van der Waals surface area contributed by atoms with Gasteiger partial charge in [-0.15, -0.1) is 0 Å². The molecule has 428 valence electrons. The molecule has 5 nitrogen and oxygen atoms in total. The Hall–Kier alpha value is -11.4. The smallest absolute Gasteiger partial charge is 0.160 e. The molecular weight excluding hydrogens is 1100 g/mol. The van der Waals surface area contributed by atoms with Crippen LogP contribution in [0.1, 0.15) is 49.9 Å². The molecular formula is C86H59N5. The lowest BCUT2D eigenvalue weighted by Crippen LogP contribution is -2.15. The fourth-order valence-corrected chi connectivity index (χ4v) is 16.0. The Morgan fingerprint density at radius 3 is 1.13 bits per heavy atom. The van der Waals surface area contributed by atoms with Gasteiger partial charge in [0.05, 0.1) is 44.3 Å². The van der Waals surface area contributed by atoms with Crippen molar-refractivity contribution in [2.24, 2.45) is 0 Å². The highest BCUT2D eigenvalue weighted by molar-refractivity contribution is 6.14. The third kappa shape index (κ3) is 7.52. The van der Waals surface area contributed by atoms with Gasteiger partial charge in [0.1, 0.15) is 0 Å². The highest BCUT2D eigenvalue weighted by atomic mass is 15.0. The summed E-state index contributed by atoms with van der Waals surface area (Å²) in [5.74, 6) is 0.703. The number of rotatable bonds is 7. The summed E-state index contributed by atoms with van der Waals surface area (Å²) in [4.78, 5) is 10.5. The second-order valence-electron chi connectivity index (χ2n) is 26.1. The molecule has 0 spiro atoms. The minimum Gasteiger partial charge on any atom is -0.309 e. The molecule has 0 atom stereocenters. The first-order chi connectivity index (χ1) is 44.6. The van der Waals surface area contributed by atoms with E-state index in [4.69, 9.17) is 9.97 Å². The average Bonchev–Trinajstić information content (AvgIpc) is 1.62. The monoisotopic (exact) mass is 1160 g/mol. The van der Waals surface area contributed by atoms with Crippen LogP contribution < -0.4 is 0 Å². The first kappa shape index (κ1) is 51.6. The molecule has 0 N–H and O–H groups in total. The standard InChI is InChI=1S/C86H59N5/c1-85(2)72-28-13-8-23-61(72)63-43-37-59(50-74(63)85)89-77-31-16-11-25-65(77)67-39-33-53(46-79(67)89)55-35-41-69-70-42-36-56(49-82(70)91(81(69)48-55)58-22-18-21-57(45-58)83-71-27-10-15-30-76(71)87-84(88-83)52-19-6-5-7-20-52)54-34-40-68-66-26-12-17-32-78(66)90(80(68)47-54)60-38-44-64-62-24-9-14-29-73(62)86(3,4)75(64)51-60/h5-51H,1-4H3. The number of nitrogens with zero attached hydrogens (tertiary/aromatic N) is 5. The lowest BCUT2D eigenvalue weighted by atomic mass is 9.82. The lowest BCUT2D eigenvalue weighted by molar-refractivity contribution is 0.660. The second kappa shape index (κ2) is 19.1. The van der Waals surface area contributed by atoms with Gasteiger partial charge >= 0.3 is 0 Å². The fraction of sp³-hybridized carbons (Fsp3) is 0.0698. The molecule has 91 heavy (non-hydrogen) atoms. The largest absolute Gasteiger partial charge is 0.309 e. The third-order valence-corrected chi connectivity index (χ3v) is 20.4. The zero-order chi connectivity index (χ0) is 60.4. The molecule has 17 aromatic rings. The van der Waals surface area contributed by atoms with Crippen molar-refractivity contribution in [1.82, 2.24) is 23.7 Å². The SMILES string of the molecule is CC1(C)c2ccccc2-c2ccc(-n3c4ccccc4c4ccc(-c5ccc6c7ccc(-c8ccc9c%10ccccc%10n(-c%10ccc%11c(c%10)C(C)(C)c%10ccccc%10-%11)c9c8)cc7n(-c7cccc(-c8nc(-c9ccccc9)nc9ccccc89)c7)c6c5)cc43)cc21. The zero-order valence-electron chi connectivity index (χ0n) is 50.9. The van der Waals surface area contributed by atoms with Crippen molar-refractivity contribution in [2.45, 2.75) is 38.5 Å². The predicted molar refractivity (Wildman–Crippen MR) is 379 cm³/mol.